The Hall–Kier alpha value is -1.92. The molecule has 1 amide bonds. The van der Waals surface area contributed by atoms with Crippen LogP contribution in [-0.4, -0.2) is 47.4 Å². The van der Waals surface area contributed by atoms with Crippen molar-refractivity contribution in [3.63, 3.8) is 0 Å². The van der Waals surface area contributed by atoms with Crippen LogP contribution in [0.5, 0.6) is 0 Å². The lowest BCUT2D eigenvalue weighted by atomic mass is 10.0. The molecular formula is C56H105NO5. The van der Waals surface area contributed by atoms with Crippen molar-refractivity contribution < 1.29 is 24.5 Å². The summed E-state index contributed by atoms with van der Waals surface area (Å²) in [6.45, 7) is 4.85. The fraction of sp³-hybridized carbons (Fsp3) is 0.857. The van der Waals surface area contributed by atoms with Gasteiger partial charge < -0.3 is 20.3 Å². The maximum absolute atomic E-state index is 12.4. The molecule has 6 nitrogen and oxygen atoms in total. The van der Waals surface area contributed by atoms with Crippen molar-refractivity contribution in [2.45, 2.75) is 296 Å². The molecule has 0 aliphatic carbocycles. The van der Waals surface area contributed by atoms with Gasteiger partial charge in [-0.2, -0.15) is 0 Å². The zero-order valence-corrected chi connectivity index (χ0v) is 41.4. The van der Waals surface area contributed by atoms with E-state index in [0.717, 1.165) is 70.6 Å². The van der Waals surface area contributed by atoms with Gasteiger partial charge >= 0.3 is 5.97 Å². The zero-order chi connectivity index (χ0) is 45.1. The Bertz CT molecular complexity index is 1010. The minimum atomic E-state index is -0.861. The lowest BCUT2D eigenvalue weighted by Gasteiger charge is -2.19. The molecule has 0 bridgehead atoms. The van der Waals surface area contributed by atoms with Crippen molar-refractivity contribution in [3.8, 4) is 0 Å². The molecule has 0 aromatic rings. The molecule has 0 saturated carbocycles. The van der Waals surface area contributed by atoms with Crippen molar-refractivity contribution in [1.29, 1.82) is 0 Å². The standard InChI is InChI=1S/C56H105NO5/c1-3-5-7-9-11-13-15-17-18-19-20-21-22-26-30-34-38-42-46-50-56(61)62-51-47-43-39-35-31-27-23-25-29-33-37-41-45-49-55(60)57-53(52-58)54(59)48-44-40-36-32-28-24-16-14-12-10-8-6-4-2/h17-18,25,29,44,48,53-54,58-59H,3-16,19-24,26-28,30-43,45-47,49-52H2,1-2H3,(H,57,60)/b18-17-,29-25-,48-44+. The highest BCUT2D eigenvalue weighted by Crippen LogP contribution is 2.15. The first kappa shape index (κ1) is 60.1. The number of amides is 1. The molecule has 0 fully saturated rings. The third-order valence-electron chi connectivity index (χ3n) is 12.4. The van der Waals surface area contributed by atoms with E-state index in [9.17, 15) is 19.8 Å². The van der Waals surface area contributed by atoms with Crippen LogP contribution in [0, 0.1) is 0 Å². The number of hydrogen-bond acceptors (Lipinski definition) is 5. The first-order valence-electron chi connectivity index (χ1n) is 27.3. The van der Waals surface area contributed by atoms with Crippen molar-refractivity contribution in [2.75, 3.05) is 13.2 Å². The van der Waals surface area contributed by atoms with Gasteiger partial charge in [0.1, 0.15) is 0 Å². The summed E-state index contributed by atoms with van der Waals surface area (Å²) in [7, 11) is 0. The molecule has 0 heterocycles. The van der Waals surface area contributed by atoms with E-state index in [1.165, 1.54) is 186 Å². The van der Waals surface area contributed by atoms with Gasteiger partial charge in [0.2, 0.25) is 5.91 Å². The summed E-state index contributed by atoms with van der Waals surface area (Å²) < 4.78 is 5.47. The van der Waals surface area contributed by atoms with E-state index < -0.39 is 12.1 Å². The molecule has 0 aliphatic rings. The minimum absolute atomic E-state index is 0.0150. The average molecular weight is 872 g/mol. The summed E-state index contributed by atoms with van der Waals surface area (Å²) in [5.74, 6) is -0.114. The molecule has 62 heavy (non-hydrogen) atoms. The molecule has 2 unspecified atom stereocenters. The van der Waals surface area contributed by atoms with Gasteiger partial charge in [0.05, 0.1) is 25.4 Å². The molecule has 2 atom stereocenters. The smallest absolute Gasteiger partial charge is 0.305 e. The van der Waals surface area contributed by atoms with Crippen molar-refractivity contribution in [2.24, 2.45) is 0 Å². The Morgan fingerprint density at radius 2 is 0.758 bits per heavy atom. The number of rotatable bonds is 50. The second-order valence-corrected chi connectivity index (χ2v) is 18.5. The van der Waals surface area contributed by atoms with E-state index in [4.69, 9.17) is 4.74 Å². The molecule has 0 rings (SSSR count). The maximum atomic E-state index is 12.4. The summed E-state index contributed by atoms with van der Waals surface area (Å²) in [6.07, 6.45) is 63.0. The molecule has 0 aromatic heterocycles. The van der Waals surface area contributed by atoms with Gasteiger partial charge in [-0.25, -0.2) is 0 Å². The highest BCUT2D eigenvalue weighted by molar-refractivity contribution is 5.76. The van der Waals surface area contributed by atoms with E-state index in [1.807, 2.05) is 6.08 Å². The van der Waals surface area contributed by atoms with Crippen LogP contribution in [0.2, 0.25) is 0 Å². The van der Waals surface area contributed by atoms with Crippen LogP contribution in [0.1, 0.15) is 284 Å². The zero-order valence-electron chi connectivity index (χ0n) is 41.4. The fourth-order valence-electron chi connectivity index (χ4n) is 8.15. The molecule has 0 saturated heterocycles. The number of ether oxygens (including phenoxy) is 1. The normalized spacial score (nSPS) is 12.9. The van der Waals surface area contributed by atoms with Crippen molar-refractivity contribution in [1.82, 2.24) is 5.32 Å². The Morgan fingerprint density at radius 1 is 0.435 bits per heavy atom. The molecule has 364 valence electrons. The Kier molecular flexibility index (Phi) is 50.1. The van der Waals surface area contributed by atoms with Crippen LogP contribution in [-0.2, 0) is 14.3 Å². The number of carbonyl (C=O) groups is 2. The number of aliphatic hydroxyl groups excluding tert-OH is 2. The summed E-state index contributed by atoms with van der Waals surface area (Å²) in [6, 6.07) is -0.648. The first-order chi connectivity index (χ1) is 30.5. The molecule has 0 spiro atoms. The van der Waals surface area contributed by atoms with Crippen LogP contribution in [0.4, 0.5) is 0 Å². The fourth-order valence-corrected chi connectivity index (χ4v) is 8.15. The Labute approximate surface area is 385 Å². The monoisotopic (exact) mass is 872 g/mol. The lowest BCUT2D eigenvalue weighted by Crippen LogP contribution is -2.45. The van der Waals surface area contributed by atoms with E-state index in [2.05, 4.69) is 43.5 Å². The average Bonchev–Trinajstić information content (AvgIpc) is 3.27. The topological polar surface area (TPSA) is 95.9 Å². The number of unbranched alkanes of at least 4 members (excludes halogenated alkanes) is 35. The van der Waals surface area contributed by atoms with Gasteiger partial charge in [-0.1, -0.05) is 224 Å². The van der Waals surface area contributed by atoms with Crippen molar-refractivity contribution in [3.05, 3.63) is 36.5 Å². The molecule has 0 aromatic carbocycles. The number of esters is 1. The van der Waals surface area contributed by atoms with E-state index >= 15 is 0 Å². The molecule has 3 N–H and O–H groups in total. The largest absolute Gasteiger partial charge is 0.466 e. The highest BCUT2D eigenvalue weighted by atomic mass is 16.5. The van der Waals surface area contributed by atoms with Gasteiger partial charge in [-0.05, 0) is 83.5 Å². The Balaban J connectivity index is 3.50. The third-order valence-corrected chi connectivity index (χ3v) is 12.4. The van der Waals surface area contributed by atoms with Crippen LogP contribution >= 0.6 is 0 Å². The summed E-state index contributed by atoms with van der Waals surface area (Å²) in [5, 5.41) is 23.0. The number of carbonyl (C=O) groups excluding carboxylic acids is 2. The SMILES string of the molecule is CCCCCCCC/C=C\CCCCCCCCCCCC(=O)OCCCCCCCC/C=C\CCCCCC(=O)NC(CO)C(O)/C=C/CCCCCCCCCCCCC. The number of hydrogen-bond donors (Lipinski definition) is 3. The van der Waals surface area contributed by atoms with Crippen LogP contribution in [0.3, 0.4) is 0 Å². The predicted octanol–water partition coefficient (Wildman–Crippen LogP) is 16.5. The second-order valence-electron chi connectivity index (χ2n) is 18.5. The van der Waals surface area contributed by atoms with Gasteiger partial charge in [0.15, 0.2) is 0 Å². The van der Waals surface area contributed by atoms with Gasteiger partial charge in [0, 0.05) is 12.8 Å². The van der Waals surface area contributed by atoms with E-state index in [1.54, 1.807) is 6.08 Å². The molecule has 0 radical (unpaired) electrons. The predicted molar refractivity (Wildman–Crippen MR) is 269 cm³/mol. The second kappa shape index (κ2) is 51.7. The lowest BCUT2D eigenvalue weighted by molar-refractivity contribution is -0.143. The van der Waals surface area contributed by atoms with Crippen molar-refractivity contribution >= 4 is 11.9 Å². The summed E-state index contributed by atoms with van der Waals surface area (Å²) in [4.78, 5) is 24.5. The van der Waals surface area contributed by atoms with Crippen LogP contribution in [0.25, 0.3) is 0 Å². The number of allylic oxidation sites excluding steroid dienone is 5. The van der Waals surface area contributed by atoms with Gasteiger partial charge in [-0.3, -0.25) is 9.59 Å². The van der Waals surface area contributed by atoms with E-state index in [0.29, 0.717) is 19.4 Å². The first-order valence-corrected chi connectivity index (χ1v) is 27.3. The summed E-state index contributed by atoms with van der Waals surface area (Å²) in [5.41, 5.74) is 0. The van der Waals surface area contributed by atoms with Gasteiger partial charge in [-0.15, -0.1) is 0 Å². The minimum Gasteiger partial charge on any atom is -0.466 e. The molecule has 0 aliphatic heterocycles. The van der Waals surface area contributed by atoms with Crippen LogP contribution in [0.15, 0.2) is 36.5 Å². The van der Waals surface area contributed by atoms with Crippen LogP contribution < -0.4 is 5.32 Å². The quantitative estimate of drug-likeness (QED) is 0.0321. The number of aliphatic hydroxyl groups is 2. The molecule has 6 heteroatoms. The highest BCUT2D eigenvalue weighted by Gasteiger charge is 2.18. The molecular weight excluding hydrogens is 767 g/mol. The van der Waals surface area contributed by atoms with E-state index in [-0.39, 0.29) is 18.5 Å². The maximum Gasteiger partial charge on any atom is 0.305 e. The Morgan fingerprint density at radius 3 is 1.16 bits per heavy atom. The number of nitrogens with one attached hydrogen (secondary N) is 1. The van der Waals surface area contributed by atoms with Gasteiger partial charge in [0.25, 0.3) is 0 Å². The summed E-state index contributed by atoms with van der Waals surface area (Å²) >= 11 is 0. The third kappa shape index (κ3) is 47.6.